The highest BCUT2D eigenvalue weighted by molar-refractivity contribution is 5.79. The molecule has 0 bridgehead atoms. The highest BCUT2D eigenvalue weighted by atomic mass is 19.1. The molecule has 2 rings (SSSR count). The molecule has 0 radical (unpaired) electrons. The lowest BCUT2D eigenvalue weighted by atomic mass is 10.0. The zero-order valence-electron chi connectivity index (χ0n) is 11.2. The summed E-state index contributed by atoms with van der Waals surface area (Å²) in [7, 11) is 4.89. The van der Waals surface area contributed by atoms with Gasteiger partial charge in [-0.3, -0.25) is 0 Å². The lowest BCUT2D eigenvalue weighted by molar-refractivity contribution is 0.355. The SMILES string of the molecule is CNc1cccc(F)c1-c1ccc(OC)c(OC)c1. The quantitative estimate of drug-likeness (QED) is 0.913. The zero-order chi connectivity index (χ0) is 13.8. The molecule has 0 spiro atoms. The number of methoxy groups -OCH3 is 2. The standard InChI is InChI=1S/C15H16FNO2/c1-17-12-6-4-5-11(16)15(12)10-7-8-13(18-2)14(9-10)19-3/h4-9,17H,1-3H3. The Morgan fingerprint density at radius 2 is 1.74 bits per heavy atom. The second kappa shape index (κ2) is 5.61. The minimum atomic E-state index is -0.279. The number of ether oxygens (including phenoxy) is 2. The first-order valence-electron chi connectivity index (χ1n) is 5.90. The van der Waals surface area contributed by atoms with Crippen molar-refractivity contribution in [1.29, 1.82) is 0 Å². The molecule has 0 aliphatic heterocycles. The Morgan fingerprint density at radius 1 is 1.00 bits per heavy atom. The molecule has 0 aliphatic rings. The van der Waals surface area contributed by atoms with Crippen LogP contribution in [-0.4, -0.2) is 21.3 Å². The number of hydrogen-bond acceptors (Lipinski definition) is 3. The topological polar surface area (TPSA) is 30.5 Å². The second-order valence-electron chi connectivity index (χ2n) is 3.98. The Hall–Kier alpha value is -2.23. The Balaban J connectivity index is 2.59. The summed E-state index contributed by atoms with van der Waals surface area (Å²) in [6, 6.07) is 10.3. The molecule has 0 amide bonds. The molecule has 2 aromatic carbocycles. The molecule has 4 heteroatoms. The van der Waals surface area contributed by atoms with Gasteiger partial charge in [-0.1, -0.05) is 12.1 Å². The molecule has 0 heterocycles. The van der Waals surface area contributed by atoms with Crippen LogP contribution in [0.4, 0.5) is 10.1 Å². The summed E-state index contributed by atoms with van der Waals surface area (Å²) in [6.45, 7) is 0. The van der Waals surface area contributed by atoms with Crippen molar-refractivity contribution in [1.82, 2.24) is 0 Å². The second-order valence-corrected chi connectivity index (χ2v) is 3.98. The van der Waals surface area contributed by atoms with Gasteiger partial charge in [0.15, 0.2) is 11.5 Å². The van der Waals surface area contributed by atoms with Crippen LogP contribution in [0.15, 0.2) is 36.4 Å². The lowest BCUT2D eigenvalue weighted by Crippen LogP contribution is -1.96. The maximum atomic E-state index is 14.0. The first-order valence-corrected chi connectivity index (χ1v) is 5.90. The van der Waals surface area contributed by atoms with E-state index in [0.29, 0.717) is 17.1 Å². The van der Waals surface area contributed by atoms with Gasteiger partial charge in [-0.05, 0) is 29.8 Å². The Labute approximate surface area is 112 Å². The predicted octanol–water partition coefficient (Wildman–Crippen LogP) is 3.55. The van der Waals surface area contributed by atoms with E-state index >= 15 is 0 Å². The summed E-state index contributed by atoms with van der Waals surface area (Å²) in [5, 5.41) is 2.99. The summed E-state index contributed by atoms with van der Waals surface area (Å²) < 4.78 is 24.5. The van der Waals surface area contributed by atoms with Crippen LogP contribution in [0.2, 0.25) is 0 Å². The molecule has 1 N–H and O–H groups in total. The van der Waals surface area contributed by atoms with E-state index in [0.717, 1.165) is 11.3 Å². The van der Waals surface area contributed by atoms with Crippen molar-refractivity contribution in [2.45, 2.75) is 0 Å². The molecule has 0 saturated heterocycles. The Bertz CT molecular complexity index is 584. The molecule has 0 aromatic heterocycles. The van der Waals surface area contributed by atoms with E-state index in [1.165, 1.54) is 6.07 Å². The molecule has 2 aromatic rings. The molecule has 0 aliphatic carbocycles. The fourth-order valence-electron chi connectivity index (χ4n) is 2.02. The van der Waals surface area contributed by atoms with Crippen molar-refractivity contribution < 1.29 is 13.9 Å². The van der Waals surface area contributed by atoms with Gasteiger partial charge >= 0.3 is 0 Å². The summed E-state index contributed by atoms with van der Waals surface area (Å²) in [5.41, 5.74) is 1.98. The van der Waals surface area contributed by atoms with Gasteiger partial charge in [-0.25, -0.2) is 4.39 Å². The van der Waals surface area contributed by atoms with Crippen molar-refractivity contribution in [2.24, 2.45) is 0 Å². The van der Waals surface area contributed by atoms with Crippen LogP contribution in [0.1, 0.15) is 0 Å². The average Bonchev–Trinajstić information content (AvgIpc) is 2.46. The van der Waals surface area contributed by atoms with Crippen LogP contribution in [0.25, 0.3) is 11.1 Å². The van der Waals surface area contributed by atoms with Crippen molar-refractivity contribution in [3.63, 3.8) is 0 Å². The van der Waals surface area contributed by atoms with Crippen LogP contribution in [0.5, 0.6) is 11.5 Å². The molecule has 0 atom stereocenters. The molecule has 0 saturated carbocycles. The Morgan fingerprint density at radius 3 is 2.37 bits per heavy atom. The first kappa shape index (κ1) is 13.2. The number of benzene rings is 2. The molecule has 0 unspecified atom stereocenters. The minimum Gasteiger partial charge on any atom is -0.493 e. The van der Waals surface area contributed by atoms with Gasteiger partial charge in [0.25, 0.3) is 0 Å². The third kappa shape index (κ3) is 2.47. The van der Waals surface area contributed by atoms with Gasteiger partial charge in [0, 0.05) is 18.3 Å². The van der Waals surface area contributed by atoms with Crippen LogP contribution in [0.3, 0.4) is 0 Å². The smallest absolute Gasteiger partial charge is 0.161 e. The van der Waals surface area contributed by atoms with E-state index in [9.17, 15) is 4.39 Å². The fraction of sp³-hybridized carbons (Fsp3) is 0.200. The van der Waals surface area contributed by atoms with Gasteiger partial charge in [0.2, 0.25) is 0 Å². The average molecular weight is 261 g/mol. The maximum Gasteiger partial charge on any atom is 0.161 e. The lowest BCUT2D eigenvalue weighted by Gasteiger charge is -2.13. The van der Waals surface area contributed by atoms with E-state index in [2.05, 4.69) is 5.32 Å². The van der Waals surface area contributed by atoms with E-state index in [-0.39, 0.29) is 5.82 Å². The van der Waals surface area contributed by atoms with Gasteiger partial charge in [0.1, 0.15) is 5.82 Å². The molecular weight excluding hydrogens is 245 g/mol. The van der Waals surface area contributed by atoms with Gasteiger partial charge in [-0.2, -0.15) is 0 Å². The molecular formula is C15H16FNO2. The summed E-state index contributed by atoms with van der Waals surface area (Å²) in [5.74, 6) is 0.915. The number of rotatable bonds is 4. The summed E-state index contributed by atoms with van der Waals surface area (Å²) in [6.07, 6.45) is 0. The number of anilines is 1. The van der Waals surface area contributed by atoms with E-state index < -0.39 is 0 Å². The monoisotopic (exact) mass is 261 g/mol. The van der Waals surface area contributed by atoms with E-state index in [1.807, 2.05) is 6.07 Å². The van der Waals surface area contributed by atoms with Crippen LogP contribution in [-0.2, 0) is 0 Å². The Kier molecular flexibility index (Phi) is 3.90. The number of halogens is 1. The summed E-state index contributed by atoms with van der Waals surface area (Å²) in [4.78, 5) is 0. The molecule has 19 heavy (non-hydrogen) atoms. The maximum absolute atomic E-state index is 14.0. The van der Waals surface area contributed by atoms with Crippen LogP contribution in [0, 0.1) is 5.82 Å². The highest BCUT2D eigenvalue weighted by Gasteiger charge is 2.12. The third-order valence-electron chi connectivity index (χ3n) is 2.96. The van der Waals surface area contributed by atoms with Crippen molar-refractivity contribution in [3.8, 4) is 22.6 Å². The van der Waals surface area contributed by atoms with Gasteiger partial charge in [0.05, 0.1) is 14.2 Å². The molecule has 3 nitrogen and oxygen atoms in total. The van der Waals surface area contributed by atoms with E-state index in [1.54, 1.807) is 45.5 Å². The minimum absolute atomic E-state index is 0.279. The predicted molar refractivity (Wildman–Crippen MR) is 74.5 cm³/mol. The third-order valence-corrected chi connectivity index (χ3v) is 2.96. The van der Waals surface area contributed by atoms with E-state index in [4.69, 9.17) is 9.47 Å². The zero-order valence-corrected chi connectivity index (χ0v) is 11.2. The van der Waals surface area contributed by atoms with Crippen molar-refractivity contribution in [2.75, 3.05) is 26.6 Å². The van der Waals surface area contributed by atoms with Crippen LogP contribution < -0.4 is 14.8 Å². The molecule has 100 valence electrons. The first-order chi connectivity index (χ1) is 9.21. The number of nitrogens with one attached hydrogen (secondary N) is 1. The van der Waals surface area contributed by atoms with Crippen molar-refractivity contribution >= 4 is 5.69 Å². The normalized spacial score (nSPS) is 10.1. The van der Waals surface area contributed by atoms with Gasteiger partial charge in [-0.15, -0.1) is 0 Å². The summed E-state index contributed by atoms with van der Waals surface area (Å²) >= 11 is 0. The van der Waals surface area contributed by atoms with Crippen molar-refractivity contribution in [3.05, 3.63) is 42.2 Å². The molecule has 0 fully saturated rings. The largest absolute Gasteiger partial charge is 0.493 e. The van der Waals surface area contributed by atoms with Gasteiger partial charge < -0.3 is 14.8 Å². The number of hydrogen-bond donors (Lipinski definition) is 1. The van der Waals surface area contributed by atoms with Crippen LogP contribution >= 0.6 is 0 Å². The highest BCUT2D eigenvalue weighted by Crippen LogP contribution is 2.36. The fourth-order valence-corrected chi connectivity index (χ4v) is 2.02.